The van der Waals surface area contributed by atoms with Gasteiger partial charge in [0.05, 0.1) is 10.6 Å². The molecule has 0 bridgehead atoms. The van der Waals surface area contributed by atoms with Crippen LogP contribution in [0, 0.1) is 0 Å². The zero-order valence-corrected chi connectivity index (χ0v) is 19.7. The van der Waals surface area contributed by atoms with Gasteiger partial charge in [0.25, 0.3) is 0 Å². The van der Waals surface area contributed by atoms with Gasteiger partial charge in [-0.25, -0.2) is 18.1 Å². The molecule has 1 heterocycles. The van der Waals surface area contributed by atoms with Crippen LogP contribution in [-0.4, -0.2) is 19.7 Å². The molecular weight excluding hydrogens is 460 g/mol. The number of rotatable bonds is 7. The maximum absolute atomic E-state index is 12.9. The summed E-state index contributed by atoms with van der Waals surface area (Å²) in [7, 11) is -3.71. The quantitative estimate of drug-likeness (QED) is 0.317. The Kier molecular flexibility index (Phi) is 6.96. The van der Waals surface area contributed by atoms with E-state index in [1.54, 1.807) is 12.1 Å². The number of nitrogens with zero attached hydrogens (tertiary/aromatic N) is 1. The maximum atomic E-state index is 12.9. The van der Waals surface area contributed by atoms with Crippen molar-refractivity contribution in [3.63, 3.8) is 0 Å². The highest BCUT2D eigenvalue weighted by Gasteiger charge is 2.19. The van der Waals surface area contributed by atoms with Crippen LogP contribution >= 0.6 is 23.4 Å². The van der Waals surface area contributed by atoms with Crippen LogP contribution in [0.5, 0.6) is 0 Å². The normalized spacial score (nSPS) is 11.4. The van der Waals surface area contributed by atoms with E-state index in [-0.39, 0.29) is 11.4 Å². The molecule has 0 aliphatic rings. The number of halogens is 1. The first kappa shape index (κ1) is 22.6. The highest BCUT2D eigenvalue weighted by atomic mass is 35.5. The lowest BCUT2D eigenvalue weighted by Gasteiger charge is -2.17. The molecule has 32 heavy (non-hydrogen) atoms. The molecule has 4 rings (SSSR count). The Balaban J connectivity index is 1.77. The van der Waals surface area contributed by atoms with E-state index in [2.05, 4.69) is 4.72 Å². The summed E-state index contributed by atoms with van der Waals surface area (Å²) in [5.41, 5.74) is 4.64. The third-order valence-electron chi connectivity index (χ3n) is 5.00. The van der Waals surface area contributed by atoms with Gasteiger partial charge in [0.1, 0.15) is 5.03 Å². The summed E-state index contributed by atoms with van der Waals surface area (Å²) in [6, 6.07) is 28.0. The molecule has 1 aromatic heterocycles. The average molecular weight is 481 g/mol. The van der Waals surface area contributed by atoms with Crippen molar-refractivity contribution < 1.29 is 8.42 Å². The summed E-state index contributed by atoms with van der Waals surface area (Å²) in [6.07, 6.45) is 1.95. The monoisotopic (exact) mass is 480 g/mol. The fourth-order valence-electron chi connectivity index (χ4n) is 3.38. The zero-order chi connectivity index (χ0) is 22.6. The van der Waals surface area contributed by atoms with E-state index < -0.39 is 10.0 Å². The summed E-state index contributed by atoms with van der Waals surface area (Å²) in [5.74, 6) is 0. The first-order chi connectivity index (χ1) is 15.5. The van der Waals surface area contributed by atoms with Crippen LogP contribution in [0.25, 0.3) is 22.4 Å². The molecule has 162 valence electrons. The highest BCUT2D eigenvalue weighted by molar-refractivity contribution is 7.98. The van der Waals surface area contributed by atoms with Crippen molar-refractivity contribution in [2.45, 2.75) is 16.5 Å². The van der Waals surface area contributed by atoms with Crippen molar-refractivity contribution in [2.24, 2.45) is 0 Å². The largest absolute Gasteiger partial charge is 0.241 e. The lowest BCUT2D eigenvalue weighted by atomic mass is 9.99. The van der Waals surface area contributed by atoms with Crippen LogP contribution in [-0.2, 0) is 16.6 Å². The van der Waals surface area contributed by atoms with Gasteiger partial charge in [0.2, 0.25) is 10.0 Å². The third kappa shape index (κ3) is 5.05. The Morgan fingerprint density at radius 1 is 0.875 bits per heavy atom. The fraction of sp³-hybridized carbons (Fsp3) is 0.0800. The van der Waals surface area contributed by atoms with Crippen molar-refractivity contribution >= 4 is 33.4 Å². The minimum Gasteiger partial charge on any atom is -0.241 e. The topological polar surface area (TPSA) is 59.1 Å². The number of hydrogen-bond donors (Lipinski definition) is 1. The molecular formula is C25H21ClN2O2S2. The summed E-state index contributed by atoms with van der Waals surface area (Å²) in [5, 5.41) is 1.27. The highest BCUT2D eigenvalue weighted by Crippen LogP contribution is 2.34. The van der Waals surface area contributed by atoms with Gasteiger partial charge in [-0.15, -0.1) is 11.8 Å². The predicted octanol–water partition coefficient (Wildman–Crippen LogP) is 6.27. The summed E-state index contributed by atoms with van der Waals surface area (Å²) in [6.45, 7) is 0.118. The van der Waals surface area contributed by atoms with Gasteiger partial charge in [-0.3, -0.25) is 0 Å². The standard InChI is InChI=1S/C25H21ClN2O2S2/c1-31-25-23(17-27-32(29,30)21-14-12-20(26)13-15-21)22(18-8-4-2-5-9-18)16-24(28-25)19-10-6-3-7-11-19/h2-16,27H,17H2,1H3. The SMILES string of the molecule is CSc1nc(-c2ccccc2)cc(-c2ccccc2)c1CNS(=O)(=O)c1ccc(Cl)cc1. The Hall–Kier alpha value is -2.64. The van der Waals surface area contributed by atoms with Crippen molar-refractivity contribution in [2.75, 3.05) is 6.26 Å². The number of pyridine rings is 1. The number of thioether (sulfide) groups is 1. The number of aromatic nitrogens is 1. The van der Waals surface area contributed by atoms with Gasteiger partial charge >= 0.3 is 0 Å². The summed E-state index contributed by atoms with van der Waals surface area (Å²) < 4.78 is 28.5. The summed E-state index contributed by atoms with van der Waals surface area (Å²) >= 11 is 7.40. The van der Waals surface area contributed by atoms with Gasteiger partial charge in [-0.1, -0.05) is 72.3 Å². The fourth-order valence-corrected chi connectivity index (χ4v) is 5.12. The molecule has 0 amide bonds. The minimum absolute atomic E-state index is 0.118. The molecule has 4 aromatic rings. The Morgan fingerprint density at radius 2 is 1.47 bits per heavy atom. The van der Waals surface area contributed by atoms with E-state index in [1.165, 1.54) is 23.9 Å². The molecule has 0 saturated carbocycles. The first-order valence-electron chi connectivity index (χ1n) is 9.92. The van der Waals surface area contributed by atoms with Crippen molar-refractivity contribution in [1.29, 1.82) is 0 Å². The van der Waals surface area contributed by atoms with Gasteiger partial charge in [0, 0.05) is 22.7 Å². The van der Waals surface area contributed by atoms with Crippen LogP contribution in [0.1, 0.15) is 5.56 Å². The molecule has 7 heteroatoms. The van der Waals surface area contributed by atoms with E-state index in [0.717, 1.165) is 33.0 Å². The average Bonchev–Trinajstić information content (AvgIpc) is 2.83. The molecule has 0 saturated heterocycles. The third-order valence-corrected chi connectivity index (χ3v) is 7.39. The van der Waals surface area contributed by atoms with E-state index >= 15 is 0 Å². The molecule has 0 fully saturated rings. The van der Waals surface area contributed by atoms with Crippen LogP contribution < -0.4 is 4.72 Å². The molecule has 0 atom stereocenters. The van der Waals surface area contributed by atoms with Crippen LogP contribution in [0.3, 0.4) is 0 Å². The second-order valence-corrected chi connectivity index (χ2v) is 10.1. The second-order valence-electron chi connectivity index (χ2n) is 7.05. The molecule has 0 aliphatic heterocycles. The van der Waals surface area contributed by atoms with Crippen molar-refractivity contribution in [1.82, 2.24) is 9.71 Å². The van der Waals surface area contributed by atoms with Crippen LogP contribution in [0.2, 0.25) is 5.02 Å². The minimum atomic E-state index is -3.71. The van der Waals surface area contributed by atoms with E-state index in [1.807, 2.05) is 73.0 Å². The molecule has 1 N–H and O–H groups in total. The lowest BCUT2D eigenvalue weighted by molar-refractivity contribution is 0.580. The molecule has 4 nitrogen and oxygen atoms in total. The Bertz CT molecular complexity index is 1310. The Labute approximate surface area is 197 Å². The van der Waals surface area contributed by atoms with Crippen molar-refractivity contribution in [3.05, 3.63) is 102 Å². The molecule has 0 radical (unpaired) electrons. The van der Waals surface area contributed by atoms with E-state index in [0.29, 0.717) is 5.02 Å². The van der Waals surface area contributed by atoms with Gasteiger partial charge in [-0.05, 0) is 47.7 Å². The van der Waals surface area contributed by atoms with Crippen LogP contribution in [0.4, 0.5) is 0 Å². The van der Waals surface area contributed by atoms with Gasteiger partial charge < -0.3 is 0 Å². The van der Waals surface area contributed by atoms with Crippen molar-refractivity contribution in [3.8, 4) is 22.4 Å². The zero-order valence-electron chi connectivity index (χ0n) is 17.3. The van der Waals surface area contributed by atoms with E-state index in [4.69, 9.17) is 16.6 Å². The van der Waals surface area contributed by atoms with E-state index in [9.17, 15) is 8.42 Å². The molecule has 0 unspecified atom stereocenters. The smallest absolute Gasteiger partial charge is 0.240 e. The molecule has 3 aromatic carbocycles. The van der Waals surface area contributed by atoms with Crippen LogP contribution in [0.15, 0.2) is 101 Å². The lowest BCUT2D eigenvalue weighted by Crippen LogP contribution is -2.24. The number of nitrogens with one attached hydrogen (secondary N) is 1. The predicted molar refractivity (Wildman–Crippen MR) is 132 cm³/mol. The number of sulfonamides is 1. The van der Waals surface area contributed by atoms with Gasteiger partial charge in [0.15, 0.2) is 0 Å². The first-order valence-corrected chi connectivity index (χ1v) is 13.0. The molecule has 0 spiro atoms. The molecule has 0 aliphatic carbocycles. The number of benzene rings is 3. The van der Waals surface area contributed by atoms with Gasteiger partial charge in [-0.2, -0.15) is 0 Å². The Morgan fingerprint density at radius 3 is 2.06 bits per heavy atom. The maximum Gasteiger partial charge on any atom is 0.240 e. The summed E-state index contributed by atoms with van der Waals surface area (Å²) in [4.78, 5) is 5.01. The number of hydrogen-bond acceptors (Lipinski definition) is 4. The second kappa shape index (κ2) is 9.88.